The van der Waals surface area contributed by atoms with Crippen molar-refractivity contribution in [1.29, 1.82) is 0 Å². The molecule has 2 aromatic carbocycles. The summed E-state index contributed by atoms with van der Waals surface area (Å²) in [7, 11) is 3.41. The van der Waals surface area contributed by atoms with Crippen molar-refractivity contribution in [1.82, 2.24) is 9.78 Å². The minimum Gasteiger partial charge on any atom is -0.497 e. The van der Waals surface area contributed by atoms with E-state index < -0.39 is 0 Å². The number of benzene rings is 2. The molecule has 29 heavy (non-hydrogen) atoms. The molecule has 2 aliphatic rings. The lowest BCUT2D eigenvalue weighted by atomic mass is 9.87. The van der Waals surface area contributed by atoms with Crippen LogP contribution in [-0.4, -0.2) is 24.0 Å². The number of allylic oxidation sites excluding steroid dienone is 4. The van der Waals surface area contributed by atoms with E-state index >= 15 is 0 Å². The molecule has 0 radical (unpaired) electrons. The Hall–Kier alpha value is -3.27. The first-order valence-corrected chi connectivity index (χ1v) is 10.0. The Bertz CT molecular complexity index is 1120. The van der Waals surface area contributed by atoms with Crippen molar-refractivity contribution < 1.29 is 9.47 Å². The lowest BCUT2D eigenvalue weighted by Gasteiger charge is -2.17. The summed E-state index contributed by atoms with van der Waals surface area (Å²) >= 11 is 0. The van der Waals surface area contributed by atoms with Gasteiger partial charge in [0.1, 0.15) is 11.5 Å². The molecule has 0 fully saturated rings. The Labute approximate surface area is 171 Å². The molecule has 1 heterocycles. The van der Waals surface area contributed by atoms with Gasteiger partial charge in [-0.25, -0.2) is 0 Å². The average molecular weight is 384 g/mol. The minimum atomic E-state index is 0.739. The molecule has 0 atom stereocenters. The van der Waals surface area contributed by atoms with E-state index in [4.69, 9.17) is 14.6 Å². The predicted molar refractivity (Wildman–Crippen MR) is 115 cm³/mol. The quantitative estimate of drug-likeness (QED) is 0.617. The monoisotopic (exact) mass is 384 g/mol. The van der Waals surface area contributed by atoms with Gasteiger partial charge in [-0.1, -0.05) is 36.4 Å². The number of fused-ring (bicyclic) bond motifs is 3. The molecule has 4 nitrogen and oxygen atoms in total. The zero-order valence-corrected chi connectivity index (χ0v) is 16.8. The maximum Gasteiger partial charge on any atom is 0.119 e. The van der Waals surface area contributed by atoms with Gasteiger partial charge in [-0.05, 0) is 60.2 Å². The molecule has 0 saturated carbocycles. The van der Waals surface area contributed by atoms with E-state index in [0.29, 0.717) is 0 Å². The van der Waals surface area contributed by atoms with Crippen LogP contribution >= 0.6 is 0 Å². The van der Waals surface area contributed by atoms with E-state index in [2.05, 4.69) is 47.2 Å². The normalized spacial score (nSPS) is 14.3. The third-order valence-corrected chi connectivity index (χ3v) is 5.83. The third kappa shape index (κ3) is 3.15. The van der Waals surface area contributed by atoms with Gasteiger partial charge in [0.25, 0.3) is 0 Å². The number of hydrogen-bond donors (Lipinski definition) is 0. The lowest BCUT2D eigenvalue weighted by Crippen LogP contribution is -2.07. The number of nitrogens with zero attached hydrogens (tertiary/aromatic N) is 2. The summed E-state index contributed by atoms with van der Waals surface area (Å²) in [6.07, 6.45) is 9.60. The van der Waals surface area contributed by atoms with Gasteiger partial charge in [0.2, 0.25) is 0 Å². The summed E-state index contributed by atoms with van der Waals surface area (Å²) in [6, 6.07) is 14.6. The van der Waals surface area contributed by atoms with Crippen LogP contribution in [0.25, 0.3) is 16.8 Å². The van der Waals surface area contributed by atoms with Crippen molar-refractivity contribution in [3.8, 4) is 22.8 Å². The van der Waals surface area contributed by atoms with E-state index in [1.54, 1.807) is 14.2 Å². The van der Waals surface area contributed by atoms with Crippen molar-refractivity contribution >= 4 is 5.57 Å². The predicted octanol–water partition coefficient (Wildman–Crippen LogP) is 5.06. The molecule has 146 valence electrons. The van der Waals surface area contributed by atoms with E-state index in [1.807, 2.05) is 18.2 Å². The molecule has 0 aliphatic heterocycles. The number of hydrogen-bond acceptors (Lipinski definition) is 3. The highest BCUT2D eigenvalue weighted by Crippen LogP contribution is 2.40. The first-order chi connectivity index (χ1) is 14.3. The summed E-state index contributed by atoms with van der Waals surface area (Å²) in [5.41, 5.74) is 8.83. The zero-order chi connectivity index (χ0) is 19.8. The third-order valence-electron chi connectivity index (χ3n) is 5.83. The molecule has 3 aromatic rings. The molecule has 0 spiro atoms. The Morgan fingerprint density at radius 1 is 0.966 bits per heavy atom. The molecule has 0 amide bonds. The summed E-state index contributed by atoms with van der Waals surface area (Å²) in [4.78, 5) is 0. The van der Waals surface area contributed by atoms with Crippen LogP contribution in [0.1, 0.15) is 28.8 Å². The molecule has 4 heteroatoms. The maximum absolute atomic E-state index is 5.48. The Balaban J connectivity index is 1.62. The lowest BCUT2D eigenvalue weighted by molar-refractivity contribution is 0.414. The van der Waals surface area contributed by atoms with Gasteiger partial charge in [0.05, 0.1) is 32.2 Å². The molecule has 2 aliphatic carbocycles. The van der Waals surface area contributed by atoms with Crippen molar-refractivity contribution in [2.24, 2.45) is 0 Å². The minimum absolute atomic E-state index is 0.739. The Morgan fingerprint density at radius 2 is 1.76 bits per heavy atom. The standard InChI is InChI=1S/C25H24N2O2/c1-28-20-11-7-17(8-12-20)16-27-25(19-5-3-4-6-19)22-14-10-18-9-13-21(29-2)15-23(18)24(22)26-27/h3-5,7-9,11-13,15H,6,10,14,16H2,1-2H3. The number of aromatic nitrogens is 2. The van der Waals surface area contributed by atoms with E-state index in [1.165, 1.54) is 33.5 Å². The van der Waals surface area contributed by atoms with Crippen molar-refractivity contribution in [3.05, 3.63) is 83.1 Å². The highest BCUT2D eigenvalue weighted by molar-refractivity contribution is 5.79. The van der Waals surface area contributed by atoms with Gasteiger partial charge in [-0.3, -0.25) is 4.68 Å². The molecule has 0 unspecified atom stereocenters. The van der Waals surface area contributed by atoms with Crippen LogP contribution in [0, 0.1) is 0 Å². The van der Waals surface area contributed by atoms with Gasteiger partial charge in [-0.15, -0.1) is 0 Å². The van der Waals surface area contributed by atoms with Gasteiger partial charge in [0, 0.05) is 11.1 Å². The highest BCUT2D eigenvalue weighted by Gasteiger charge is 2.27. The van der Waals surface area contributed by atoms with Crippen LogP contribution in [-0.2, 0) is 19.4 Å². The molecule has 0 bridgehead atoms. The van der Waals surface area contributed by atoms with Gasteiger partial charge < -0.3 is 9.47 Å². The topological polar surface area (TPSA) is 36.3 Å². The maximum atomic E-state index is 5.48. The molecule has 0 saturated heterocycles. The molecular weight excluding hydrogens is 360 g/mol. The van der Waals surface area contributed by atoms with Crippen LogP contribution in [0.15, 0.2) is 60.7 Å². The molecule has 0 N–H and O–H groups in total. The smallest absolute Gasteiger partial charge is 0.119 e. The largest absolute Gasteiger partial charge is 0.497 e. The second-order valence-electron chi connectivity index (χ2n) is 7.53. The van der Waals surface area contributed by atoms with Gasteiger partial charge in [0.15, 0.2) is 0 Å². The SMILES string of the molecule is COc1ccc(Cn2nc3c(c2C2=CC=CC2)CCc2ccc(OC)cc2-3)cc1. The van der Waals surface area contributed by atoms with Crippen LogP contribution in [0.3, 0.4) is 0 Å². The summed E-state index contributed by atoms with van der Waals surface area (Å²) in [6.45, 7) is 0.739. The number of ether oxygens (including phenoxy) is 2. The Kier molecular flexibility index (Phi) is 4.47. The Morgan fingerprint density at radius 3 is 2.48 bits per heavy atom. The van der Waals surface area contributed by atoms with Crippen LogP contribution in [0.5, 0.6) is 11.5 Å². The van der Waals surface area contributed by atoms with Crippen molar-refractivity contribution in [3.63, 3.8) is 0 Å². The fraction of sp³-hybridized carbons (Fsp3) is 0.240. The zero-order valence-electron chi connectivity index (χ0n) is 16.8. The molecule has 1 aromatic heterocycles. The average Bonchev–Trinajstić information content (AvgIpc) is 3.41. The van der Waals surface area contributed by atoms with E-state index in [9.17, 15) is 0 Å². The van der Waals surface area contributed by atoms with Gasteiger partial charge >= 0.3 is 0 Å². The summed E-state index contributed by atoms with van der Waals surface area (Å²) in [5.74, 6) is 1.75. The van der Waals surface area contributed by atoms with E-state index in [0.717, 1.165) is 43.0 Å². The summed E-state index contributed by atoms with van der Waals surface area (Å²) < 4.78 is 13.0. The van der Waals surface area contributed by atoms with Gasteiger partial charge in [-0.2, -0.15) is 5.10 Å². The van der Waals surface area contributed by atoms with Crippen LogP contribution in [0.2, 0.25) is 0 Å². The second kappa shape index (κ2) is 7.28. The van der Waals surface area contributed by atoms with E-state index in [-0.39, 0.29) is 0 Å². The van der Waals surface area contributed by atoms with Crippen LogP contribution in [0.4, 0.5) is 0 Å². The number of rotatable bonds is 5. The molecule has 5 rings (SSSR count). The molecular formula is C25H24N2O2. The summed E-state index contributed by atoms with van der Waals surface area (Å²) in [5, 5.41) is 5.11. The van der Waals surface area contributed by atoms with Crippen molar-refractivity contribution in [2.75, 3.05) is 14.2 Å². The first-order valence-electron chi connectivity index (χ1n) is 10.0. The highest BCUT2D eigenvalue weighted by atomic mass is 16.5. The first kappa shape index (κ1) is 17.8. The second-order valence-corrected chi connectivity index (χ2v) is 7.53. The van der Waals surface area contributed by atoms with Crippen LogP contribution < -0.4 is 9.47 Å². The number of aryl methyl sites for hydroxylation is 1. The fourth-order valence-electron chi connectivity index (χ4n) is 4.33. The fourth-order valence-corrected chi connectivity index (χ4v) is 4.33. The number of methoxy groups -OCH3 is 2. The van der Waals surface area contributed by atoms with Crippen molar-refractivity contribution in [2.45, 2.75) is 25.8 Å².